The average molecular weight is 526 g/mol. The van der Waals surface area contributed by atoms with Gasteiger partial charge in [0.05, 0.1) is 19.5 Å². The number of benzene rings is 3. The monoisotopic (exact) mass is 523 g/mol. The van der Waals surface area contributed by atoms with Gasteiger partial charge in [0.15, 0.2) is 0 Å². The fourth-order valence-corrected chi connectivity index (χ4v) is 4.36. The molecule has 7 heteroatoms. The van der Waals surface area contributed by atoms with Crippen LogP contribution in [0.25, 0.3) is 0 Å². The molecular weight excluding hydrogens is 509 g/mol. The molecule has 0 radical (unpaired) electrons. The molecular formula is C21H16Br2ClNO3. The van der Waals surface area contributed by atoms with Gasteiger partial charge in [-0.15, -0.1) is 0 Å². The Morgan fingerprint density at radius 2 is 1.68 bits per heavy atom. The molecule has 3 aromatic carbocycles. The topological polar surface area (TPSA) is 58.6 Å². The molecule has 3 aromatic rings. The maximum Gasteiger partial charge on any atom is 0.337 e. The number of anilines is 1. The molecule has 0 aliphatic rings. The number of aromatic carboxylic acids is 1. The molecule has 0 fully saturated rings. The standard InChI is InChI=1S/C21H16Br2ClNO3/c22-17-8-14(11-25-15-6-7-16(21(26)27)19(24)10-15)9-18(23)20(17)28-12-13-4-2-1-3-5-13/h1-10,25H,11-12H2,(H,26,27). The van der Waals surface area contributed by atoms with E-state index >= 15 is 0 Å². The lowest BCUT2D eigenvalue weighted by Crippen LogP contribution is -2.03. The molecule has 0 bridgehead atoms. The number of hydrogen-bond acceptors (Lipinski definition) is 3. The predicted octanol–water partition coefficient (Wildman–Crippen LogP) is 6.75. The number of carboxylic acids is 1. The zero-order chi connectivity index (χ0) is 20.1. The Hall–Kier alpha value is -2.02. The van der Waals surface area contributed by atoms with Gasteiger partial charge >= 0.3 is 5.97 Å². The van der Waals surface area contributed by atoms with Gasteiger partial charge in [-0.25, -0.2) is 4.79 Å². The van der Waals surface area contributed by atoms with Crippen LogP contribution in [0.15, 0.2) is 69.6 Å². The summed E-state index contributed by atoms with van der Waals surface area (Å²) in [7, 11) is 0. The van der Waals surface area contributed by atoms with Crippen LogP contribution < -0.4 is 10.1 Å². The van der Waals surface area contributed by atoms with Crippen molar-refractivity contribution in [1.29, 1.82) is 0 Å². The van der Waals surface area contributed by atoms with Crippen LogP contribution in [-0.4, -0.2) is 11.1 Å². The van der Waals surface area contributed by atoms with E-state index in [1.54, 1.807) is 12.1 Å². The summed E-state index contributed by atoms with van der Waals surface area (Å²) in [5.41, 5.74) is 2.93. The number of rotatable bonds is 7. The van der Waals surface area contributed by atoms with Crippen LogP contribution in [0.5, 0.6) is 5.75 Å². The van der Waals surface area contributed by atoms with Crippen LogP contribution in [0.2, 0.25) is 5.02 Å². The molecule has 0 spiro atoms. The minimum absolute atomic E-state index is 0.0811. The summed E-state index contributed by atoms with van der Waals surface area (Å²) in [5, 5.41) is 12.5. The Morgan fingerprint density at radius 3 is 2.29 bits per heavy atom. The molecule has 144 valence electrons. The first-order chi connectivity index (χ1) is 13.4. The molecule has 0 aliphatic heterocycles. The number of hydrogen-bond donors (Lipinski definition) is 2. The largest absolute Gasteiger partial charge is 0.487 e. The number of halogens is 3. The first kappa shape index (κ1) is 20.7. The second-order valence-electron chi connectivity index (χ2n) is 6.02. The van der Waals surface area contributed by atoms with Crippen molar-refractivity contribution in [3.8, 4) is 5.75 Å². The Bertz CT molecular complexity index is 973. The Balaban J connectivity index is 1.67. The van der Waals surface area contributed by atoms with Gasteiger partial charge in [-0.1, -0.05) is 41.9 Å². The highest BCUT2D eigenvalue weighted by atomic mass is 79.9. The highest BCUT2D eigenvalue weighted by molar-refractivity contribution is 9.11. The lowest BCUT2D eigenvalue weighted by atomic mass is 10.2. The Kier molecular flexibility index (Phi) is 6.99. The molecule has 3 rings (SSSR count). The average Bonchev–Trinajstić information content (AvgIpc) is 2.66. The van der Waals surface area contributed by atoms with Crippen molar-refractivity contribution in [1.82, 2.24) is 0 Å². The highest BCUT2D eigenvalue weighted by Crippen LogP contribution is 2.35. The third-order valence-corrected chi connectivity index (χ3v) is 5.47. The smallest absolute Gasteiger partial charge is 0.337 e. The third-order valence-electron chi connectivity index (χ3n) is 3.98. The van der Waals surface area contributed by atoms with Crippen LogP contribution >= 0.6 is 43.5 Å². The van der Waals surface area contributed by atoms with Crippen molar-refractivity contribution in [2.24, 2.45) is 0 Å². The van der Waals surface area contributed by atoms with Gasteiger partial charge in [0.1, 0.15) is 12.4 Å². The van der Waals surface area contributed by atoms with Crippen LogP contribution in [-0.2, 0) is 13.2 Å². The maximum absolute atomic E-state index is 11.0. The van der Waals surface area contributed by atoms with Crippen molar-refractivity contribution in [3.05, 3.63) is 91.3 Å². The zero-order valence-electron chi connectivity index (χ0n) is 14.6. The molecule has 0 aromatic heterocycles. The van der Waals surface area contributed by atoms with E-state index in [4.69, 9.17) is 21.4 Å². The Morgan fingerprint density at radius 1 is 1.00 bits per heavy atom. The zero-order valence-corrected chi connectivity index (χ0v) is 18.5. The minimum Gasteiger partial charge on any atom is -0.487 e. The van der Waals surface area contributed by atoms with Gasteiger partial charge in [-0.3, -0.25) is 0 Å². The SMILES string of the molecule is O=C(O)c1ccc(NCc2cc(Br)c(OCc3ccccc3)c(Br)c2)cc1Cl. The van der Waals surface area contributed by atoms with Gasteiger partial charge in [0.25, 0.3) is 0 Å². The van der Waals surface area contributed by atoms with E-state index in [2.05, 4.69) is 37.2 Å². The summed E-state index contributed by atoms with van der Waals surface area (Å²) in [6.45, 7) is 1.02. The van der Waals surface area contributed by atoms with Gasteiger partial charge in [-0.05, 0) is 73.3 Å². The lowest BCUT2D eigenvalue weighted by Gasteiger charge is -2.13. The van der Waals surface area contributed by atoms with E-state index in [0.29, 0.717) is 13.2 Å². The van der Waals surface area contributed by atoms with E-state index in [9.17, 15) is 4.79 Å². The lowest BCUT2D eigenvalue weighted by molar-refractivity contribution is 0.0697. The molecule has 28 heavy (non-hydrogen) atoms. The van der Waals surface area contributed by atoms with Crippen molar-refractivity contribution in [2.75, 3.05) is 5.32 Å². The van der Waals surface area contributed by atoms with Crippen molar-refractivity contribution >= 4 is 55.1 Å². The molecule has 0 atom stereocenters. The van der Waals surface area contributed by atoms with Crippen LogP contribution in [0.3, 0.4) is 0 Å². The highest BCUT2D eigenvalue weighted by Gasteiger charge is 2.11. The van der Waals surface area contributed by atoms with E-state index in [0.717, 1.165) is 31.5 Å². The van der Waals surface area contributed by atoms with Crippen molar-refractivity contribution < 1.29 is 14.6 Å². The predicted molar refractivity (Wildman–Crippen MR) is 118 cm³/mol. The van der Waals surface area contributed by atoms with E-state index in [1.807, 2.05) is 42.5 Å². The second kappa shape index (κ2) is 9.45. The second-order valence-corrected chi connectivity index (χ2v) is 8.13. The molecule has 0 heterocycles. The summed E-state index contributed by atoms with van der Waals surface area (Å²) in [5.74, 6) is -0.308. The van der Waals surface area contributed by atoms with Gasteiger partial charge in [-0.2, -0.15) is 0 Å². The first-order valence-electron chi connectivity index (χ1n) is 8.35. The molecule has 0 amide bonds. The van der Waals surface area contributed by atoms with Gasteiger partial charge in [0.2, 0.25) is 0 Å². The van der Waals surface area contributed by atoms with E-state index in [1.165, 1.54) is 6.07 Å². The first-order valence-corrected chi connectivity index (χ1v) is 10.3. The number of nitrogens with one attached hydrogen (secondary N) is 1. The third kappa shape index (κ3) is 5.28. The van der Waals surface area contributed by atoms with Gasteiger partial charge < -0.3 is 15.2 Å². The normalized spacial score (nSPS) is 10.5. The summed E-state index contributed by atoms with van der Waals surface area (Å²) in [4.78, 5) is 11.0. The quantitative estimate of drug-likeness (QED) is 0.358. The summed E-state index contributed by atoms with van der Waals surface area (Å²) in [6, 6.07) is 18.7. The maximum atomic E-state index is 11.0. The van der Waals surface area contributed by atoms with Crippen LogP contribution in [0.1, 0.15) is 21.5 Å². The van der Waals surface area contributed by atoms with Crippen LogP contribution in [0, 0.1) is 0 Å². The summed E-state index contributed by atoms with van der Waals surface area (Å²) < 4.78 is 7.62. The molecule has 0 saturated heterocycles. The Labute approximate surface area is 184 Å². The van der Waals surface area contributed by atoms with Crippen LogP contribution in [0.4, 0.5) is 5.69 Å². The molecule has 2 N–H and O–H groups in total. The molecule has 0 aliphatic carbocycles. The molecule has 4 nitrogen and oxygen atoms in total. The summed E-state index contributed by atoms with van der Waals surface area (Å²) in [6.07, 6.45) is 0. The van der Waals surface area contributed by atoms with E-state index < -0.39 is 5.97 Å². The molecule has 0 unspecified atom stereocenters. The van der Waals surface area contributed by atoms with Gasteiger partial charge in [0, 0.05) is 12.2 Å². The number of carbonyl (C=O) groups is 1. The number of carboxylic acid groups (broad SMARTS) is 1. The fourth-order valence-electron chi connectivity index (χ4n) is 2.58. The summed E-state index contributed by atoms with van der Waals surface area (Å²) >= 11 is 13.1. The number of ether oxygens (including phenoxy) is 1. The van der Waals surface area contributed by atoms with Crippen molar-refractivity contribution in [2.45, 2.75) is 13.2 Å². The fraction of sp³-hybridized carbons (Fsp3) is 0.0952. The minimum atomic E-state index is -1.05. The molecule has 0 saturated carbocycles. The van der Waals surface area contributed by atoms with E-state index in [-0.39, 0.29) is 10.6 Å². The van der Waals surface area contributed by atoms with Crippen molar-refractivity contribution in [3.63, 3.8) is 0 Å².